The van der Waals surface area contributed by atoms with Crippen LogP contribution in [0.5, 0.6) is 0 Å². The van der Waals surface area contributed by atoms with Crippen molar-refractivity contribution in [1.82, 2.24) is 0 Å². The van der Waals surface area contributed by atoms with Crippen molar-refractivity contribution in [3.8, 4) is 0 Å². The minimum absolute atomic E-state index is 0.0866. The van der Waals surface area contributed by atoms with Crippen molar-refractivity contribution in [2.24, 2.45) is 11.3 Å². The third-order valence-electron chi connectivity index (χ3n) is 7.98. The van der Waals surface area contributed by atoms with Crippen molar-refractivity contribution in [2.45, 2.75) is 71.1 Å². The molecule has 2 aliphatic carbocycles. The van der Waals surface area contributed by atoms with E-state index in [-0.39, 0.29) is 16.7 Å². The van der Waals surface area contributed by atoms with Gasteiger partial charge in [0.1, 0.15) is 0 Å². The van der Waals surface area contributed by atoms with Crippen LogP contribution in [-0.2, 0) is 16.6 Å². The maximum atomic E-state index is 13.8. The number of carbonyl (C=O) groups is 1. The van der Waals surface area contributed by atoms with E-state index in [1.54, 1.807) is 0 Å². The van der Waals surface area contributed by atoms with Gasteiger partial charge in [0.2, 0.25) is 5.91 Å². The Labute approximate surface area is 176 Å². The zero-order valence-electron chi connectivity index (χ0n) is 18.7. The third kappa shape index (κ3) is 3.21. The molecule has 3 unspecified atom stereocenters. The first-order valence-corrected chi connectivity index (χ1v) is 11.2. The Morgan fingerprint density at radius 2 is 1.79 bits per heavy atom. The average Bonchev–Trinajstić information content (AvgIpc) is 2.72. The van der Waals surface area contributed by atoms with E-state index < -0.39 is 0 Å². The maximum absolute atomic E-state index is 13.8. The molecule has 0 aliphatic heterocycles. The lowest BCUT2D eigenvalue weighted by atomic mass is 9.49. The smallest absolute Gasteiger partial charge is 0.232 e. The number of aryl methyl sites for hydroxylation is 1. The van der Waals surface area contributed by atoms with Crippen LogP contribution < -0.4 is 4.90 Å². The predicted molar refractivity (Wildman–Crippen MR) is 122 cm³/mol. The van der Waals surface area contributed by atoms with Crippen LogP contribution in [0.4, 0.5) is 5.69 Å². The average molecular weight is 390 g/mol. The van der Waals surface area contributed by atoms with Gasteiger partial charge in [-0.25, -0.2) is 0 Å². The molecule has 0 heterocycles. The summed E-state index contributed by atoms with van der Waals surface area (Å²) in [5, 5.41) is 0. The summed E-state index contributed by atoms with van der Waals surface area (Å²) in [6.45, 7) is 9.21. The lowest BCUT2D eigenvalue weighted by Gasteiger charge is -2.55. The van der Waals surface area contributed by atoms with E-state index in [4.69, 9.17) is 0 Å². The van der Waals surface area contributed by atoms with Crippen molar-refractivity contribution < 1.29 is 4.79 Å². The minimum atomic E-state index is -0.313. The molecule has 4 rings (SSSR count). The second-order valence-electron chi connectivity index (χ2n) is 10.1. The highest BCUT2D eigenvalue weighted by Crippen LogP contribution is 2.58. The molecule has 0 aromatic heterocycles. The van der Waals surface area contributed by atoms with Gasteiger partial charge in [-0.3, -0.25) is 4.79 Å². The highest BCUT2D eigenvalue weighted by atomic mass is 16.2. The highest BCUT2D eigenvalue weighted by molar-refractivity contribution is 5.97. The van der Waals surface area contributed by atoms with Crippen molar-refractivity contribution in [3.05, 3.63) is 65.2 Å². The van der Waals surface area contributed by atoms with Gasteiger partial charge in [-0.05, 0) is 71.8 Å². The summed E-state index contributed by atoms with van der Waals surface area (Å²) < 4.78 is 0. The van der Waals surface area contributed by atoms with Crippen LogP contribution in [0.2, 0.25) is 0 Å². The zero-order valence-corrected chi connectivity index (χ0v) is 18.7. The molecule has 2 heteroatoms. The Morgan fingerprint density at radius 1 is 1.07 bits per heavy atom. The lowest BCUT2D eigenvalue weighted by molar-refractivity contribution is -0.135. The summed E-state index contributed by atoms with van der Waals surface area (Å²) >= 11 is 0. The van der Waals surface area contributed by atoms with Gasteiger partial charge in [0.25, 0.3) is 0 Å². The monoisotopic (exact) mass is 389 g/mol. The van der Waals surface area contributed by atoms with Crippen LogP contribution in [-0.4, -0.2) is 13.0 Å². The Hall–Kier alpha value is -2.09. The molecule has 29 heavy (non-hydrogen) atoms. The molecule has 1 amide bonds. The van der Waals surface area contributed by atoms with Crippen LogP contribution in [0.3, 0.4) is 0 Å². The van der Waals surface area contributed by atoms with Crippen LogP contribution in [0, 0.1) is 11.3 Å². The van der Waals surface area contributed by atoms with Crippen molar-refractivity contribution in [3.63, 3.8) is 0 Å². The maximum Gasteiger partial charge on any atom is 0.232 e. The van der Waals surface area contributed by atoms with E-state index in [2.05, 4.69) is 45.9 Å². The van der Waals surface area contributed by atoms with Crippen LogP contribution in [0.15, 0.2) is 48.5 Å². The summed E-state index contributed by atoms with van der Waals surface area (Å²) in [5.74, 6) is 1.23. The van der Waals surface area contributed by atoms with Gasteiger partial charge in [0.05, 0.1) is 5.41 Å². The molecule has 0 saturated heterocycles. The minimum Gasteiger partial charge on any atom is -0.315 e. The number of fused-ring (bicyclic) bond motifs is 3. The number of nitrogens with zero attached hydrogens (tertiary/aromatic N) is 1. The topological polar surface area (TPSA) is 20.3 Å². The zero-order chi connectivity index (χ0) is 20.8. The molecule has 1 fully saturated rings. The summed E-state index contributed by atoms with van der Waals surface area (Å²) in [6, 6.07) is 17.2. The van der Waals surface area contributed by atoms with E-state index in [0.717, 1.165) is 31.4 Å². The number of anilines is 1. The Balaban J connectivity index is 1.71. The summed E-state index contributed by atoms with van der Waals surface area (Å²) in [4.78, 5) is 15.7. The normalized spacial score (nSPS) is 28.6. The fourth-order valence-corrected chi connectivity index (χ4v) is 6.28. The Morgan fingerprint density at radius 3 is 2.48 bits per heavy atom. The molecule has 1 saturated carbocycles. The van der Waals surface area contributed by atoms with Crippen LogP contribution >= 0.6 is 0 Å². The van der Waals surface area contributed by atoms with E-state index in [1.165, 1.54) is 23.1 Å². The molecule has 0 spiro atoms. The molecule has 2 aromatic carbocycles. The second-order valence-corrected chi connectivity index (χ2v) is 10.1. The van der Waals surface area contributed by atoms with Gasteiger partial charge >= 0.3 is 0 Å². The number of para-hydroxylation sites is 1. The van der Waals surface area contributed by atoms with E-state index in [0.29, 0.717) is 11.8 Å². The van der Waals surface area contributed by atoms with Crippen LogP contribution in [0.1, 0.15) is 76.0 Å². The molecular formula is C27H35NO. The molecule has 2 aromatic rings. The lowest BCUT2D eigenvalue weighted by Crippen LogP contribution is -2.55. The largest absolute Gasteiger partial charge is 0.315 e. The predicted octanol–water partition coefficient (Wildman–Crippen LogP) is 6.48. The van der Waals surface area contributed by atoms with Gasteiger partial charge in [-0.15, -0.1) is 0 Å². The Bertz CT molecular complexity index is 902. The number of hydrogen-bond donors (Lipinski definition) is 0. The standard InChI is InChI=1S/C27H35NO/c1-19(2)20-12-14-23-21(18-20)13-15-24-26(23,3)16-9-17-27(24,4)25(29)28(5)22-10-7-6-8-11-22/h6-8,10-12,14,18-19,24H,9,13,15-17H2,1-5H3. The SMILES string of the molecule is CC(C)c1ccc2c(c1)CCC1C(C)(C(=O)N(C)c3ccccc3)CCCC21C. The van der Waals surface area contributed by atoms with Gasteiger partial charge in [-0.2, -0.15) is 0 Å². The number of carbonyl (C=O) groups excluding carboxylic acids is 1. The molecule has 2 nitrogen and oxygen atoms in total. The van der Waals surface area contributed by atoms with Crippen molar-refractivity contribution >= 4 is 11.6 Å². The fraction of sp³-hybridized carbons (Fsp3) is 0.519. The molecule has 2 aliphatic rings. The number of benzene rings is 2. The quantitative estimate of drug-likeness (QED) is 0.588. The molecule has 0 N–H and O–H groups in total. The number of rotatable bonds is 3. The van der Waals surface area contributed by atoms with Gasteiger partial charge in [0.15, 0.2) is 0 Å². The van der Waals surface area contributed by atoms with Crippen molar-refractivity contribution in [2.75, 3.05) is 11.9 Å². The van der Waals surface area contributed by atoms with E-state index in [9.17, 15) is 4.79 Å². The highest BCUT2D eigenvalue weighted by Gasteiger charge is 2.55. The number of hydrogen-bond acceptors (Lipinski definition) is 1. The summed E-state index contributed by atoms with van der Waals surface area (Å²) in [5.41, 5.74) is 5.21. The van der Waals surface area contributed by atoms with Gasteiger partial charge in [-0.1, -0.05) is 70.5 Å². The molecule has 0 bridgehead atoms. The third-order valence-corrected chi connectivity index (χ3v) is 7.98. The summed E-state index contributed by atoms with van der Waals surface area (Å²) in [6.07, 6.45) is 5.49. The van der Waals surface area contributed by atoms with Gasteiger partial charge < -0.3 is 4.90 Å². The first kappa shape index (κ1) is 20.2. The van der Waals surface area contributed by atoms with Crippen molar-refractivity contribution in [1.29, 1.82) is 0 Å². The first-order valence-electron chi connectivity index (χ1n) is 11.2. The van der Waals surface area contributed by atoms with E-state index in [1.807, 2.05) is 42.3 Å². The summed E-state index contributed by atoms with van der Waals surface area (Å²) in [7, 11) is 1.94. The molecule has 0 radical (unpaired) electrons. The molecule has 3 atom stereocenters. The van der Waals surface area contributed by atoms with E-state index >= 15 is 0 Å². The van der Waals surface area contributed by atoms with Crippen LogP contribution in [0.25, 0.3) is 0 Å². The fourth-order valence-electron chi connectivity index (χ4n) is 6.28. The number of amides is 1. The molecular weight excluding hydrogens is 354 g/mol. The Kier molecular flexibility index (Phi) is 5.09. The molecule has 154 valence electrons. The first-order chi connectivity index (χ1) is 13.8. The second kappa shape index (κ2) is 7.31. The van der Waals surface area contributed by atoms with Gasteiger partial charge in [0, 0.05) is 12.7 Å².